The van der Waals surface area contributed by atoms with Crippen molar-refractivity contribution >= 4 is 33.3 Å². The number of carbonyl (C=O) groups excluding carboxylic acids is 2. The molecule has 25 heavy (non-hydrogen) atoms. The van der Waals surface area contributed by atoms with Gasteiger partial charge >= 0.3 is 5.97 Å². The van der Waals surface area contributed by atoms with Crippen LogP contribution in [0.25, 0.3) is 0 Å². The Morgan fingerprint density at radius 2 is 1.76 bits per heavy atom. The Morgan fingerprint density at radius 3 is 2.40 bits per heavy atom. The van der Waals surface area contributed by atoms with Crippen LogP contribution in [-0.2, 0) is 19.6 Å². The van der Waals surface area contributed by atoms with Crippen molar-refractivity contribution < 1.29 is 27.9 Å². The number of aromatic hydroxyl groups is 1. The van der Waals surface area contributed by atoms with E-state index in [1.54, 1.807) is 12.1 Å². The summed E-state index contributed by atoms with van der Waals surface area (Å²) in [5.41, 5.74) is 0.380. The first-order valence-corrected chi connectivity index (χ1v) is 8.53. The van der Waals surface area contributed by atoms with Crippen molar-refractivity contribution in [2.24, 2.45) is 0 Å². The zero-order valence-electron chi connectivity index (χ0n) is 13.4. The summed E-state index contributed by atoms with van der Waals surface area (Å²) in [6.07, 6.45) is 0. The molecule has 1 amide bonds. The van der Waals surface area contributed by atoms with Crippen LogP contribution in [-0.4, -0.2) is 32.5 Å². The van der Waals surface area contributed by atoms with Crippen LogP contribution in [0.15, 0.2) is 47.4 Å². The number of hydrogen-bond donors (Lipinski definition) is 3. The lowest BCUT2D eigenvalue weighted by molar-refractivity contribution is -0.114. The molecule has 0 heterocycles. The van der Waals surface area contributed by atoms with Crippen molar-refractivity contribution in [1.82, 2.24) is 0 Å². The van der Waals surface area contributed by atoms with E-state index in [0.717, 1.165) is 25.3 Å². The Kier molecular flexibility index (Phi) is 5.28. The second kappa shape index (κ2) is 7.22. The number of hydrogen-bond acceptors (Lipinski definition) is 6. The summed E-state index contributed by atoms with van der Waals surface area (Å²) in [7, 11) is -2.90. The Balaban J connectivity index is 2.34. The summed E-state index contributed by atoms with van der Waals surface area (Å²) in [6, 6.07) is 9.39. The zero-order valence-corrected chi connectivity index (χ0v) is 14.3. The van der Waals surface area contributed by atoms with Gasteiger partial charge in [0, 0.05) is 12.6 Å². The van der Waals surface area contributed by atoms with Crippen LogP contribution in [0.1, 0.15) is 17.3 Å². The van der Waals surface area contributed by atoms with Crippen molar-refractivity contribution in [3.63, 3.8) is 0 Å². The van der Waals surface area contributed by atoms with Crippen LogP contribution in [0.2, 0.25) is 0 Å². The molecule has 0 aliphatic rings. The van der Waals surface area contributed by atoms with Crippen molar-refractivity contribution in [2.75, 3.05) is 17.1 Å². The zero-order chi connectivity index (χ0) is 18.6. The second-order valence-electron chi connectivity index (χ2n) is 5.04. The van der Waals surface area contributed by atoms with E-state index >= 15 is 0 Å². The molecule has 8 nitrogen and oxygen atoms in total. The van der Waals surface area contributed by atoms with Gasteiger partial charge in [0.2, 0.25) is 5.91 Å². The van der Waals surface area contributed by atoms with Gasteiger partial charge in [0.15, 0.2) is 0 Å². The van der Waals surface area contributed by atoms with Crippen molar-refractivity contribution in [2.45, 2.75) is 11.8 Å². The number of benzene rings is 2. The second-order valence-corrected chi connectivity index (χ2v) is 6.72. The van der Waals surface area contributed by atoms with E-state index in [0.29, 0.717) is 5.69 Å². The van der Waals surface area contributed by atoms with Crippen LogP contribution in [0.5, 0.6) is 5.75 Å². The number of carbonyl (C=O) groups is 2. The Morgan fingerprint density at radius 1 is 1.08 bits per heavy atom. The maximum atomic E-state index is 12.5. The number of phenolic OH excluding ortho intramolecular Hbond substituents is 1. The van der Waals surface area contributed by atoms with E-state index in [-0.39, 0.29) is 22.1 Å². The molecule has 0 unspecified atom stereocenters. The fourth-order valence-corrected chi connectivity index (χ4v) is 3.11. The van der Waals surface area contributed by atoms with Crippen LogP contribution in [0, 0.1) is 0 Å². The third-order valence-electron chi connectivity index (χ3n) is 3.12. The Bertz CT molecular complexity index is 924. The molecule has 2 aromatic carbocycles. The van der Waals surface area contributed by atoms with Gasteiger partial charge in [-0.15, -0.1) is 0 Å². The lowest BCUT2D eigenvalue weighted by atomic mass is 10.2. The van der Waals surface area contributed by atoms with Crippen molar-refractivity contribution in [3.05, 3.63) is 48.0 Å². The third kappa shape index (κ3) is 4.48. The van der Waals surface area contributed by atoms with E-state index in [9.17, 15) is 23.1 Å². The maximum absolute atomic E-state index is 12.5. The minimum Gasteiger partial charge on any atom is -0.507 e. The summed E-state index contributed by atoms with van der Waals surface area (Å²) >= 11 is 0. The monoisotopic (exact) mass is 364 g/mol. The van der Waals surface area contributed by atoms with Gasteiger partial charge in [-0.3, -0.25) is 9.52 Å². The van der Waals surface area contributed by atoms with Gasteiger partial charge in [0.1, 0.15) is 11.3 Å². The lowest BCUT2D eigenvalue weighted by Crippen LogP contribution is -2.14. The van der Waals surface area contributed by atoms with Gasteiger partial charge in [-0.2, -0.15) is 0 Å². The number of rotatable bonds is 5. The summed E-state index contributed by atoms with van der Waals surface area (Å²) < 4.78 is 31.8. The van der Waals surface area contributed by atoms with E-state index in [2.05, 4.69) is 14.8 Å². The average molecular weight is 364 g/mol. The van der Waals surface area contributed by atoms with Crippen LogP contribution in [0.4, 0.5) is 11.4 Å². The standard InChI is InChI=1S/C16H16N2O6S/c1-10(19)17-11-4-3-5-12(8-11)18-25(22,23)13-6-7-15(20)14(9-13)16(21)24-2/h3-9,18,20H,1-2H3,(H,17,19). The summed E-state index contributed by atoms with van der Waals surface area (Å²) in [5.74, 6) is -1.54. The Labute approximate surface area is 144 Å². The third-order valence-corrected chi connectivity index (χ3v) is 4.50. The molecule has 2 rings (SSSR count). The van der Waals surface area contributed by atoms with Gasteiger partial charge in [-0.25, -0.2) is 13.2 Å². The van der Waals surface area contributed by atoms with Crippen LogP contribution >= 0.6 is 0 Å². The maximum Gasteiger partial charge on any atom is 0.341 e. The number of ether oxygens (including phenoxy) is 1. The number of phenols is 1. The first-order valence-electron chi connectivity index (χ1n) is 7.05. The number of esters is 1. The largest absolute Gasteiger partial charge is 0.507 e. The van der Waals surface area contributed by atoms with Gasteiger partial charge in [0.25, 0.3) is 10.0 Å². The quantitative estimate of drug-likeness (QED) is 0.697. The highest BCUT2D eigenvalue weighted by molar-refractivity contribution is 7.92. The average Bonchev–Trinajstić information content (AvgIpc) is 2.53. The topological polar surface area (TPSA) is 122 Å². The molecule has 0 aromatic heterocycles. The highest BCUT2D eigenvalue weighted by Gasteiger charge is 2.20. The lowest BCUT2D eigenvalue weighted by Gasteiger charge is -2.11. The van der Waals surface area contributed by atoms with E-state index in [1.807, 2.05) is 0 Å². The van der Waals surface area contributed by atoms with Gasteiger partial charge in [0.05, 0.1) is 17.7 Å². The summed E-state index contributed by atoms with van der Waals surface area (Å²) in [4.78, 5) is 22.4. The van der Waals surface area contributed by atoms with Gasteiger partial charge in [-0.05, 0) is 36.4 Å². The molecule has 0 spiro atoms. The number of nitrogens with one attached hydrogen (secondary N) is 2. The smallest absolute Gasteiger partial charge is 0.341 e. The molecule has 0 fully saturated rings. The number of sulfonamides is 1. The molecule has 0 saturated carbocycles. The van der Waals surface area contributed by atoms with E-state index in [1.165, 1.54) is 19.1 Å². The molecule has 0 bridgehead atoms. The minimum atomic E-state index is -4.02. The number of methoxy groups -OCH3 is 1. The number of amides is 1. The van der Waals surface area contributed by atoms with E-state index in [4.69, 9.17) is 0 Å². The molecule has 0 aliphatic carbocycles. The molecule has 2 aromatic rings. The predicted octanol–water partition coefficient (Wildman–Crippen LogP) is 1.94. The molecular formula is C16H16N2O6S. The molecule has 0 saturated heterocycles. The predicted molar refractivity (Wildman–Crippen MR) is 91.0 cm³/mol. The van der Waals surface area contributed by atoms with Crippen LogP contribution < -0.4 is 10.0 Å². The Hall–Kier alpha value is -3.07. The fraction of sp³-hybridized carbons (Fsp3) is 0.125. The summed E-state index contributed by atoms with van der Waals surface area (Å²) in [5, 5.41) is 12.2. The first-order chi connectivity index (χ1) is 11.7. The number of anilines is 2. The van der Waals surface area contributed by atoms with Crippen molar-refractivity contribution in [1.29, 1.82) is 0 Å². The molecule has 9 heteroatoms. The first kappa shape index (κ1) is 18.3. The highest BCUT2D eigenvalue weighted by atomic mass is 32.2. The normalized spacial score (nSPS) is 10.8. The molecule has 0 radical (unpaired) electrons. The van der Waals surface area contributed by atoms with E-state index < -0.39 is 21.7 Å². The van der Waals surface area contributed by atoms with Gasteiger partial charge < -0.3 is 15.2 Å². The fourth-order valence-electron chi connectivity index (χ4n) is 2.03. The molecule has 0 aliphatic heterocycles. The molecule has 3 N–H and O–H groups in total. The SMILES string of the molecule is COC(=O)c1cc(S(=O)(=O)Nc2cccc(NC(C)=O)c2)ccc1O. The molecule has 132 valence electrons. The molecular weight excluding hydrogens is 348 g/mol. The van der Waals surface area contributed by atoms with Gasteiger partial charge in [-0.1, -0.05) is 6.07 Å². The molecule has 0 atom stereocenters. The highest BCUT2D eigenvalue weighted by Crippen LogP contribution is 2.24. The minimum absolute atomic E-state index is 0.221. The van der Waals surface area contributed by atoms with Crippen LogP contribution in [0.3, 0.4) is 0 Å². The summed E-state index contributed by atoms with van der Waals surface area (Å²) in [6.45, 7) is 1.33. The van der Waals surface area contributed by atoms with Crippen molar-refractivity contribution in [3.8, 4) is 5.75 Å².